The quantitative estimate of drug-likeness (QED) is 0.488. The summed E-state index contributed by atoms with van der Waals surface area (Å²) in [6.07, 6.45) is 3.32. The molecule has 0 aliphatic carbocycles. The average molecular weight is 404 g/mol. The molecule has 0 spiro atoms. The second-order valence-corrected chi connectivity index (χ2v) is 7.18. The molecule has 4 aromatic rings. The van der Waals surface area contributed by atoms with Crippen molar-refractivity contribution < 1.29 is 4.79 Å². The fraction of sp³-hybridized carbons (Fsp3) is 0.316. The van der Waals surface area contributed by atoms with Crippen molar-refractivity contribution in [2.45, 2.75) is 6.92 Å². The zero-order valence-electron chi connectivity index (χ0n) is 16.7. The number of anilines is 1. The highest BCUT2D eigenvalue weighted by Gasteiger charge is 2.25. The number of aryl methyl sites for hydroxylation is 2. The topological polar surface area (TPSA) is 111 Å². The summed E-state index contributed by atoms with van der Waals surface area (Å²) in [5, 5.41) is 16.3. The van der Waals surface area contributed by atoms with Crippen LogP contribution < -0.4 is 4.90 Å². The lowest BCUT2D eigenvalue weighted by Crippen LogP contribution is -2.49. The number of rotatable bonds is 3. The van der Waals surface area contributed by atoms with Gasteiger partial charge in [0.05, 0.1) is 17.3 Å². The van der Waals surface area contributed by atoms with Crippen molar-refractivity contribution in [3.63, 3.8) is 0 Å². The van der Waals surface area contributed by atoms with E-state index in [1.165, 1.54) is 6.33 Å². The average Bonchev–Trinajstić information content (AvgIpc) is 3.44. The molecule has 0 radical (unpaired) electrons. The molecule has 1 fully saturated rings. The first kappa shape index (κ1) is 18.2. The Kier molecular flexibility index (Phi) is 4.34. The van der Waals surface area contributed by atoms with Crippen molar-refractivity contribution >= 4 is 22.8 Å². The monoisotopic (exact) mass is 404 g/mol. The normalized spacial score (nSPS) is 14.5. The molecule has 0 unspecified atom stereocenters. The van der Waals surface area contributed by atoms with Crippen LogP contribution in [0, 0.1) is 6.92 Å². The molecule has 11 nitrogen and oxygen atoms in total. The molecule has 1 aromatic carbocycles. The van der Waals surface area contributed by atoms with E-state index < -0.39 is 0 Å². The van der Waals surface area contributed by atoms with Crippen molar-refractivity contribution in [3.8, 4) is 5.69 Å². The van der Waals surface area contributed by atoms with E-state index in [1.54, 1.807) is 27.7 Å². The largest absolute Gasteiger partial charge is 0.352 e. The highest BCUT2D eigenvalue weighted by Crippen LogP contribution is 2.24. The second kappa shape index (κ2) is 7.17. The SMILES string of the molecule is Cc1nc(N2CCN(C(=O)c3ccc(-n4cnnn4)cc3)CC2)c2cnn(C)c2n1. The number of piperazine rings is 1. The van der Waals surface area contributed by atoms with Gasteiger partial charge in [0.2, 0.25) is 0 Å². The van der Waals surface area contributed by atoms with E-state index in [1.807, 2.05) is 31.0 Å². The lowest BCUT2D eigenvalue weighted by Gasteiger charge is -2.35. The Balaban J connectivity index is 1.30. The molecule has 1 saturated heterocycles. The first-order valence-electron chi connectivity index (χ1n) is 9.64. The molecule has 3 aromatic heterocycles. The summed E-state index contributed by atoms with van der Waals surface area (Å²) in [5.74, 6) is 1.61. The number of carbonyl (C=O) groups is 1. The third-order valence-corrected chi connectivity index (χ3v) is 5.28. The van der Waals surface area contributed by atoms with Gasteiger partial charge >= 0.3 is 0 Å². The predicted octanol–water partition coefficient (Wildman–Crippen LogP) is 0.610. The van der Waals surface area contributed by atoms with Crippen molar-refractivity contribution in [3.05, 3.63) is 48.2 Å². The van der Waals surface area contributed by atoms with E-state index in [-0.39, 0.29) is 5.91 Å². The number of hydrogen-bond donors (Lipinski definition) is 0. The van der Waals surface area contributed by atoms with Crippen LogP contribution in [0.15, 0.2) is 36.8 Å². The molecule has 11 heteroatoms. The molecule has 0 bridgehead atoms. The Morgan fingerprint density at radius 3 is 2.50 bits per heavy atom. The number of tetrazole rings is 1. The van der Waals surface area contributed by atoms with Gasteiger partial charge in [0.25, 0.3) is 5.91 Å². The minimum Gasteiger partial charge on any atom is -0.352 e. The number of carbonyl (C=O) groups excluding carboxylic acids is 1. The van der Waals surface area contributed by atoms with Crippen LogP contribution in [0.2, 0.25) is 0 Å². The van der Waals surface area contributed by atoms with Gasteiger partial charge in [-0.1, -0.05) is 0 Å². The lowest BCUT2D eigenvalue weighted by molar-refractivity contribution is 0.0746. The van der Waals surface area contributed by atoms with E-state index in [0.29, 0.717) is 37.6 Å². The van der Waals surface area contributed by atoms with Crippen LogP contribution >= 0.6 is 0 Å². The van der Waals surface area contributed by atoms with Gasteiger partial charge in [0.15, 0.2) is 5.65 Å². The Morgan fingerprint density at radius 1 is 1.03 bits per heavy atom. The van der Waals surface area contributed by atoms with E-state index in [0.717, 1.165) is 22.5 Å². The second-order valence-electron chi connectivity index (χ2n) is 7.18. The van der Waals surface area contributed by atoms with E-state index in [9.17, 15) is 4.79 Å². The first-order chi connectivity index (χ1) is 14.6. The number of hydrogen-bond acceptors (Lipinski definition) is 8. The van der Waals surface area contributed by atoms with Gasteiger partial charge in [-0.2, -0.15) is 5.10 Å². The molecular formula is C19H20N10O. The van der Waals surface area contributed by atoms with Crippen molar-refractivity contribution in [2.75, 3.05) is 31.1 Å². The summed E-state index contributed by atoms with van der Waals surface area (Å²) in [7, 11) is 1.87. The zero-order chi connectivity index (χ0) is 20.7. The summed E-state index contributed by atoms with van der Waals surface area (Å²) >= 11 is 0. The maximum Gasteiger partial charge on any atom is 0.253 e. The third kappa shape index (κ3) is 3.13. The van der Waals surface area contributed by atoms with Gasteiger partial charge in [-0.15, -0.1) is 5.10 Å². The van der Waals surface area contributed by atoms with Gasteiger partial charge in [-0.3, -0.25) is 9.48 Å². The number of nitrogens with zero attached hydrogens (tertiary/aromatic N) is 10. The van der Waals surface area contributed by atoms with E-state index >= 15 is 0 Å². The van der Waals surface area contributed by atoms with Crippen LogP contribution in [0.25, 0.3) is 16.7 Å². The highest BCUT2D eigenvalue weighted by atomic mass is 16.2. The Bertz CT molecular complexity index is 1190. The maximum atomic E-state index is 12.9. The molecular weight excluding hydrogens is 384 g/mol. The van der Waals surface area contributed by atoms with Gasteiger partial charge in [0, 0.05) is 38.8 Å². The molecule has 152 valence electrons. The molecule has 0 atom stereocenters. The standard InChI is InChI=1S/C19H20N10O/c1-13-22-17-16(11-21-26(17)2)18(23-13)27-7-9-28(10-8-27)19(30)14-3-5-15(6-4-14)29-12-20-24-25-29/h3-6,11-12H,7-10H2,1-2H3. The van der Waals surface area contributed by atoms with Gasteiger partial charge in [-0.25, -0.2) is 14.6 Å². The molecule has 30 heavy (non-hydrogen) atoms. The lowest BCUT2D eigenvalue weighted by atomic mass is 10.1. The fourth-order valence-corrected chi connectivity index (χ4v) is 3.69. The maximum absolute atomic E-state index is 12.9. The zero-order valence-corrected chi connectivity index (χ0v) is 16.7. The van der Waals surface area contributed by atoms with Crippen molar-refractivity contribution in [1.29, 1.82) is 0 Å². The predicted molar refractivity (Wildman–Crippen MR) is 108 cm³/mol. The Hall–Kier alpha value is -3.89. The molecule has 1 amide bonds. The van der Waals surface area contributed by atoms with Crippen molar-refractivity contribution in [1.82, 2.24) is 44.9 Å². The van der Waals surface area contributed by atoms with E-state index in [2.05, 4.69) is 35.5 Å². The van der Waals surface area contributed by atoms with Gasteiger partial charge < -0.3 is 9.80 Å². The number of aromatic nitrogens is 8. The van der Waals surface area contributed by atoms with Gasteiger partial charge in [0.1, 0.15) is 18.0 Å². The Morgan fingerprint density at radius 2 is 1.80 bits per heavy atom. The fourth-order valence-electron chi connectivity index (χ4n) is 3.69. The summed E-state index contributed by atoms with van der Waals surface area (Å²) in [6, 6.07) is 7.28. The molecule has 5 rings (SSSR count). The summed E-state index contributed by atoms with van der Waals surface area (Å²) < 4.78 is 3.31. The number of amides is 1. The van der Waals surface area contributed by atoms with Crippen molar-refractivity contribution in [2.24, 2.45) is 7.05 Å². The minimum absolute atomic E-state index is 0.0170. The van der Waals surface area contributed by atoms with Gasteiger partial charge in [-0.05, 0) is 41.6 Å². The molecule has 1 aliphatic heterocycles. The van der Waals surface area contributed by atoms with Crippen LogP contribution in [-0.2, 0) is 7.05 Å². The first-order valence-corrected chi connectivity index (χ1v) is 9.64. The summed E-state index contributed by atoms with van der Waals surface area (Å²) in [6.45, 7) is 4.54. The number of benzene rings is 1. The van der Waals surface area contributed by atoms with Crippen LogP contribution in [0.4, 0.5) is 5.82 Å². The van der Waals surface area contributed by atoms with Crippen LogP contribution in [0.3, 0.4) is 0 Å². The minimum atomic E-state index is 0.0170. The van der Waals surface area contributed by atoms with E-state index in [4.69, 9.17) is 0 Å². The van der Waals surface area contributed by atoms with Crippen LogP contribution in [-0.4, -0.2) is 76.9 Å². The third-order valence-electron chi connectivity index (χ3n) is 5.28. The van der Waals surface area contributed by atoms with Crippen LogP contribution in [0.1, 0.15) is 16.2 Å². The summed E-state index contributed by atoms with van der Waals surface area (Å²) in [4.78, 5) is 26.1. The highest BCUT2D eigenvalue weighted by molar-refractivity contribution is 5.94. The molecule has 0 saturated carbocycles. The molecule has 4 heterocycles. The molecule has 0 N–H and O–H groups in total. The summed E-state index contributed by atoms with van der Waals surface area (Å²) in [5.41, 5.74) is 2.27. The number of fused-ring (bicyclic) bond motifs is 1. The smallest absolute Gasteiger partial charge is 0.253 e. The van der Waals surface area contributed by atoms with Crippen LogP contribution in [0.5, 0.6) is 0 Å². The Labute approximate surface area is 171 Å². The molecule has 1 aliphatic rings.